The van der Waals surface area contributed by atoms with Crippen LogP contribution in [0.4, 0.5) is 0 Å². The molecule has 0 aromatic heterocycles. The maximum absolute atomic E-state index is 12.0. The minimum absolute atomic E-state index is 0.0558. The van der Waals surface area contributed by atoms with Gasteiger partial charge in [-0.1, -0.05) is 15.9 Å². The summed E-state index contributed by atoms with van der Waals surface area (Å²) < 4.78 is 0.927. The predicted octanol–water partition coefficient (Wildman–Crippen LogP) is 3.59. The minimum Gasteiger partial charge on any atom is -0.352 e. The monoisotopic (exact) mass is 358 g/mol. The highest BCUT2D eigenvalue weighted by Crippen LogP contribution is 2.19. The van der Waals surface area contributed by atoms with Crippen molar-refractivity contribution in [2.75, 3.05) is 20.1 Å². The van der Waals surface area contributed by atoms with Crippen molar-refractivity contribution in [3.05, 3.63) is 28.2 Å². The number of carbonyl (C=O) groups excluding carboxylic acids is 1. The van der Waals surface area contributed by atoms with E-state index in [2.05, 4.69) is 59.7 Å². The number of unbranched alkanes of at least 4 members (excludes halogenated alkanes) is 1. The van der Waals surface area contributed by atoms with Gasteiger partial charge in [0.2, 0.25) is 0 Å². The molecule has 0 unspecified atom stereocenters. The molecule has 3 nitrogen and oxygen atoms in total. The average molecular weight is 359 g/mol. The first-order valence-electron chi connectivity index (χ1n) is 6.88. The van der Waals surface area contributed by atoms with Crippen LogP contribution in [0, 0.1) is 0 Å². The summed E-state index contributed by atoms with van der Waals surface area (Å²) in [7, 11) is 2.12. The van der Waals surface area contributed by atoms with E-state index in [1.807, 2.05) is 12.1 Å². The molecule has 1 aromatic carbocycles. The first kappa shape index (κ1) is 17.5. The molecule has 0 aliphatic heterocycles. The third-order valence-corrected chi connectivity index (χ3v) is 4.17. The van der Waals surface area contributed by atoms with Crippen LogP contribution >= 0.6 is 28.6 Å². The Kier molecular flexibility index (Phi) is 7.62. The lowest BCUT2D eigenvalue weighted by Crippen LogP contribution is -2.29. The quantitative estimate of drug-likeness (QED) is 0.576. The number of nitrogens with one attached hydrogen (secondary N) is 1. The van der Waals surface area contributed by atoms with E-state index in [0.717, 1.165) is 23.9 Å². The Morgan fingerprint density at radius 2 is 2.10 bits per heavy atom. The van der Waals surface area contributed by atoms with Gasteiger partial charge in [0.25, 0.3) is 5.91 Å². The van der Waals surface area contributed by atoms with Gasteiger partial charge in [0.15, 0.2) is 0 Å². The molecule has 0 heterocycles. The first-order valence-corrected chi connectivity index (χ1v) is 8.12. The molecular formula is C15H23BrN2OS. The number of thiol groups is 1. The highest BCUT2D eigenvalue weighted by molar-refractivity contribution is 9.10. The molecule has 1 amide bonds. The fraction of sp³-hybridized carbons (Fsp3) is 0.533. The van der Waals surface area contributed by atoms with E-state index in [9.17, 15) is 4.79 Å². The molecule has 0 aliphatic carbocycles. The number of amides is 1. The second-order valence-electron chi connectivity index (χ2n) is 5.20. The van der Waals surface area contributed by atoms with Crippen molar-refractivity contribution >= 4 is 34.5 Å². The number of hydrogen-bond acceptors (Lipinski definition) is 3. The largest absolute Gasteiger partial charge is 0.352 e. The zero-order valence-corrected chi connectivity index (χ0v) is 14.8. The lowest BCUT2D eigenvalue weighted by molar-refractivity contribution is 0.0949. The van der Waals surface area contributed by atoms with Crippen LogP contribution < -0.4 is 5.32 Å². The molecule has 0 aliphatic rings. The fourth-order valence-corrected chi connectivity index (χ4v) is 2.59. The Morgan fingerprint density at radius 3 is 2.70 bits per heavy atom. The van der Waals surface area contributed by atoms with Crippen LogP contribution in [-0.4, -0.2) is 37.0 Å². The number of carbonyl (C=O) groups is 1. The lowest BCUT2D eigenvalue weighted by atomic mass is 10.2. The summed E-state index contributed by atoms with van der Waals surface area (Å²) in [5.74, 6) is -0.0558. The van der Waals surface area contributed by atoms with Gasteiger partial charge in [-0.2, -0.15) is 0 Å². The summed E-state index contributed by atoms with van der Waals surface area (Å²) in [5, 5.41) is 2.94. The van der Waals surface area contributed by atoms with Gasteiger partial charge in [-0.3, -0.25) is 4.79 Å². The number of hydrogen-bond donors (Lipinski definition) is 2. The molecule has 1 aromatic rings. The third kappa shape index (κ3) is 5.85. The van der Waals surface area contributed by atoms with Crippen LogP contribution in [0.1, 0.15) is 37.0 Å². The Balaban J connectivity index is 2.30. The lowest BCUT2D eigenvalue weighted by Gasteiger charge is -2.20. The molecule has 1 N–H and O–H groups in total. The molecule has 0 fully saturated rings. The van der Waals surface area contributed by atoms with Crippen LogP contribution in [0.2, 0.25) is 0 Å². The SMILES string of the molecule is CC(C)N(C)CCCCNC(=O)c1ccc(Br)cc1S. The first-order chi connectivity index (χ1) is 9.41. The molecule has 5 heteroatoms. The normalized spacial score (nSPS) is 11.2. The van der Waals surface area contributed by atoms with Gasteiger partial charge in [0, 0.05) is 22.0 Å². The highest BCUT2D eigenvalue weighted by atomic mass is 79.9. The topological polar surface area (TPSA) is 32.3 Å². The Morgan fingerprint density at radius 1 is 1.40 bits per heavy atom. The second kappa shape index (κ2) is 8.70. The number of nitrogens with zero attached hydrogens (tertiary/aromatic N) is 1. The fourth-order valence-electron chi connectivity index (χ4n) is 1.74. The van der Waals surface area contributed by atoms with Gasteiger partial charge in [0.1, 0.15) is 0 Å². The van der Waals surface area contributed by atoms with Crippen molar-refractivity contribution in [2.24, 2.45) is 0 Å². The standard InChI is InChI=1S/C15H23BrN2OS/c1-11(2)18(3)9-5-4-8-17-15(19)13-7-6-12(16)10-14(13)20/h6-7,10-11,20H,4-5,8-9H2,1-3H3,(H,17,19). The van der Waals surface area contributed by atoms with Crippen molar-refractivity contribution in [2.45, 2.75) is 37.6 Å². The molecule has 0 atom stereocenters. The summed E-state index contributed by atoms with van der Waals surface area (Å²) in [6.07, 6.45) is 2.07. The van der Waals surface area contributed by atoms with Crippen molar-refractivity contribution in [3.8, 4) is 0 Å². The van der Waals surface area contributed by atoms with Gasteiger partial charge in [-0.25, -0.2) is 0 Å². The van der Waals surface area contributed by atoms with Crippen LogP contribution in [0.25, 0.3) is 0 Å². The van der Waals surface area contributed by atoms with E-state index >= 15 is 0 Å². The summed E-state index contributed by atoms with van der Waals surface area (Å²) in [6, 6.07) is 6.04. The second-order valence-corrected chi connectivity index (χ2v) is 6.60. The predicted molar refractivity (Wildman–Crippen MR) is 90.7 cm³/mol. The van der Waals surface area contributed by atoms with Gasteiger partial charge in [0.05, 0.1) is 5.56 Å². The number of rotatable bonds is 7. The van der Waals surface area contributed by atoms with Gasteiger partial charge >= 0.3 is 0 Å². The van der Waals surface area contributed by atoms with E-state index in [4.69, 9.17) is 0 Å². The molecule has 112 valence electrons. The maximum Gasteiger partial charge on any atom is 0.252 e. The van der Waals surface area contributed by atoms with Crippen molar-refractivity contribution in [1.29, 1.82) is 0 Å². The number of benzene rings is 1. The van der Waals surface area contributed by atoms with E-state index in [1.54, 1.807) is 6.07 Å². The van der Waals surface area contributed by atoms with E-state index < -0.39 is 0 Å². The van der Waals surface area contributed by atoms with E-state index in [0.29, 0.717) is 23.0 Å². The summed E-state index contributed by atoms with van der Waals surface area (Å²) in [6.45, 7) is 6.13. The van der Waals surface area contributed by atoms with Crippen LogP contribution in [0.15, 0.2) is 27.6 Å². The maximum atomic E-state index is 12.0. The smallest absolute Gasteiger partial charge is 0.252 e. The Labute approximate surface area is 135 Å². The van der Waals surface area contributed by atoms with Crippen molar-refractivity contribution in [1.82, 2.24) is 10.2 Å². The third-order valence-electron chi connectivity index (χ3n) is 3.31. The minimum atomic E-state index is -0.0558. The van der Waals surface area contributed by atoms with Crippen LogP contribution in [0.3, 0.4) is 0 Å². The van der Waals surface area contributed by atoms with E-state index in [-0.39, 0.29) is 5.91 Å². The van der Waals surface area contributed by atoms with Gasteiger partial charge < -0.3 is 10.2 Å². The molecular weight excluding hydrogens is 336 g/mol. The molecule has 0 radical (unpaired) electrons. The summed E-state index contributed by atoms with van der Waals surface area (Å²) in [5.41, 5.74) is 0.621. The number of halogens is 1. The summed E-state index contributed by atoms with van der Waals surface area (Å²) in [4.78, 5) is 15.0. The Hall–Kier alpha value is -0.520. The molecule has 0 spiro atoms. The molecule has 0 bridgehead atoms. The zero-order chi connectivity index (χ0) is 15.1. The Bertz CT molecular complexity index is 451. The molecule has 0 saturated heterocycles. The molecule has 0 saturated carbocycles. The zero-order valence-electron chi connectivity index (χ0n) is 12.3. The van der Waals surface area contributed by atoms with Crippen molar-refractivity contribution in [3.63, 3.8) is 0 Å². The van der Waals surface area contributed by atoms with Gasteiger partial charge in [-0.15, -0.1) is 12.6 Å². The highest BCUT2D eigenvalue weighted by Gasteiger charge is 2.09. The summed E-state index contributed by atoms with van der Waals surface area (Å²) >= 11 is 7.68. The van der Waals surface area contributed by atoms with Crippen LogP contribution in [-0.2, 0) is 0 Å². The van der Waals surface area contributed by atoms with Crippen molar-refractivity contribution < 1.29 is 4.79 Å². The molecule has 20 heavy (non-hydrogen) atoms. The van der Waals surface area contributed by atoms with E-state index in [1.165, 1.54) is 0 Å². The van der Waals surface area contributed by atoms with Crippen LogP contribution in [0.5, 0.6) is 0 Å². The molecule has 1 rings (SSSR count). The average Bonchev–Trinajstić information content (AvgIpc) is 2.37. The van der Waals surface area contributed by atoms with Gasteiger partial charge in [-0.05, 0) is 58.5 Å².